The number of esters is 2. The van der Waals surface area contributed by atoms with Gasteiger partial charge in [-0.05, 0) is 86.9 Å². The Balaban J connectivity index is 2.21. The number of ether oxygens (including phenoxy) is 2. The van der Waals surface area contributed by atoms with Crippen LogP contribution >= 0.6 is 0 Å². The standard InChI is InChI=1S/C28H52O4/c1-21(2)19-27(5,6)15-9-17-31-25(29)23-11-13-24(14-12-23)26(30)32-18-10-16-28(7,8)20-22(3)4/h21-24H,9-20H2,1-8H3. The van der Waals surface area contributed by atoms with Gasteiger partial charge in [-0.25, -0.2) is 0 Å². The Morgan fingerprint density at radius 2 is 1.00 bits per heavy atom. The first-order valence-corrected chi connectivity index (χ1v) is 13.1. The van der Waals surface area contributed by atoms with E-state index in [1.165, 1.54) is 12.8 Å². The second-order valence-electron chi connectivity index (χ2n) is 12.6. The number of rotatable bonds is 14. The second kappa shape index (κ2) is 13.6. The van der Waals surface area contributed by atoms with E-state index in [0.717, 1.165) is 51.4 Å². The van der Waals surface area contributed by atoms with E-state index >= 15 is 0 Å². The Morgan fingerprint density at radius 3 is 1.28 bits per heavy atom. The van der Waals surface area contributed by atoms with Crippen LogP contribution in [0.25, 0.3) is 0 Å². The summed E-state index contributed by atoms with van der Waals surface area (Å²) in [6.07, 6.45) is 9.31. The highest BCUT2D eigenvalue weighted by Gasteiger charge is 2.32. The summed E-state index contributed by atoms with van der Waals surface area (Å²) < 4.78 is 11.1. The molecule has 0 radical (unpaired) electrons. The van der Waals surface area contributed by atoms with Crippen molar-refractivity contribution in [3.63, 3.8) is 0 Å². The summed E-state index contributed by atoms with van der Waals surface area (Å²) in [5.41, 5.74) is 0.590. The molecule has 32 heavy (non-hydrogen) atoms. The maximum absolute atomic E-state index is 12.4. The predicted molar refractivity (Wildman–Crippen MR) is 132 cm³/mol. The fourth-order valence-electron chi connectivity index (χ4n) is 5.66. The number of hydrogen-bond acceptors (Lipinski definition) is 4. The normalized spacial score (nSPS) is 19.9. The van der Waals surface area contributed by atoms with Crippen LogP contribution in [-0.2, 0) is 19.1 Å². The molecule has 4 heteroatoms. The Labute approximate surface area is 198 Å². The molecule has 4 nitrogen and oxygen atoms in total. The summed E-state index contributed by atoms with van der Waals surface area (Å²) >= 11 is 0. The zero-order valence-electron chi connectivity index (χ0n) is 22.4. The fraction of sp³-hybridized carbons (Fsp3) is 0.929. The van der Waals surface area contributed by atoms with Gasteiger partial charge < -0.3 is 9.47 Å². The Bertz CT molecular complexity index is 504. The third-order valence-corrected chi connectivity index (χ3v) is 6.80. The molecule has 1 fully saturated rings. The lowest BCUT2D eigenvalue weighted by molar-refractivity contribution is -0.155. The maximum atomic E-state index is 12.4. The molecule has 0 bridgehead atoms. The highest BCUT2D eigenvalue weighted by molar-refractivity contribution is 5.75. The first-order chi connectivity index (χ1) is 14.8. The van der Waals surface area contributed by atoms with Crippen LogP contribution in [0.2, 0.25) is 0 Å². The number of carbonyl (C=O) groups excluding carboxylic acids is 2. The van der Waals surface area contributed by atoms with Gasteiger partial charge in [0.15, 0.2) is 0 Å². The van der Waals surface area contributed by atoms with Gasteiger partial charge in [0.05, 0.1) is 25.0 Å². The molecule has 0 N–H and O–H groups in total. The lowest BCUT2D eigenvalue weighted by Crippen LogP contribution is -2.29. The van der Waals surface area contributed by atoms with Crippen molar-refractivity contribution in [2.45, 2.75) is 120 Å². The van der Waals surface area contributed by atoms with E-state index in [0.29, 0.717) is 35.9 Å². The van der Waals surface area contributed by atoms with Gasteiger partial charge >= 0.3 is 11.9 Å². The molecule has 0 amide bonds. The van der Waals surface area contributed by atoms with Crippen LogP contribution in [0.1, 0.15) is 120 Å². The molecule has 0 aromatic heterocycles. The molecule has 1 rings (SSSR count). The van der Waals surface area contributed by atoms with Gasteiger partial charge in [0.25, 0.3) is 0 Å². The first-order valence-electron chi connectivity index (χ1n) is 13.1. The first kappa shape index (κ1) is 29.0. The molecule has 188 valence electrons. The molecule has 1 saturated carbocycles. The van der Waals surface area contributed by atoms with Crippen molar-refractivity contribution in [3.8, 4) is 0 Å². The van der Waals surface area contributed by atoms with Crippen LogP contribution in [0, 0.1) is 34.5 Å². The summed E-state index contributed by atoms with van der Waals surface area (Å²) in [5.74, 6) is 1.10. The maximum Gasteiger partial charge on any atom is 0.308 e. The van der Waals surface area contributed by atoms with Crippen molar-refractivity contribution >= 4 is 11.9 Å². The average molecular weight is 453 g/mol. The summed E-state index contributed by atoms with van der Waals surface area (Å²) in [4.78, 5) is 24.8. The van der Waals surface area contributed by atoms with Crippen LogP contribution in [0.15, 0.2) is 0 Å². The Morgan fingerprint density at radius 1 is 0.688 bits per heavy atom. The topological polar surface area (TPSA) is 52.6 Å². The number of hydrogen-bond donors (Lipinski definition) is 0. The molecular weight excluding hydrogens is 400 g/mol. The van der Waals surface area contributed by atoms with Crippen LogP contribution in [0.5, 0.6) is 0 Å². The SMILES string of the molecule is CC(C)CC(C)(C)CCCOC(=O)C1CCC(C(=O)OCCCC(C)(C)CC(C)C)CC1. The minimum absolute atomic E-state index is 0.0560. The quantitative estimate of drug-likeness (QED) is 0.201. The van der Waals surface area contributed by atoms with E-state index < -0.39 is 0 Å². The monoisotopic (exact) mass is 452 g/mol. The van der Waals surface area contributed by atoms with Crippen molar-refractivity contribution in [1.29, 1.82) is 0 Å². The molecule has 0 aromatic rings. The molecule has 0 heterocycles. The van der Waals surface area contributed by atoms with Crippen molar-refractivity contribution in [2.24, 2.45) is 34.5 Å². The average Bonchev–Trinajstić information content (AvgIpc) is 2.66. The van der Waals surface area contributed by atoms with Crippen molar-refractivity contribution < 1.29 is 19.1 Å². The van der Waals surface area contributed by atoms with Crippen LogP contribution in [0.3, 0.4) is 0 Å². The van der Waals surface area contributed by atoms with Crippen LogP contribution < -0.4 is 0 Å². The fourth-order valence-corrected chi connectivity index (χ4v) is 5.66. The summed E-state index contributed by atoms with van der Waals surface area (Å²) in [5, 5.41) is 0. The van der Waals surface area contributed by atoms with Crippen molar-refractivity contribution in [2.75, 3.05) is 13.2 Å². The van der Waals surface area contributed by atoms with Gasteiger partial charge in [-0.1, -0.05) is 55.4 Å². The highest BCUT2D eigenvalue weighted by Crippen LogP contribution is 2.33. The number of carbonyl (C=O) groups is 2. The molecule has 0 aromatic carbocycles. The second-order valence-corrected chi connectivity index (χ2v) is 12.6. The molecule has 0 saturated heterocycles. The molecule has 0 unspecified atom stereocenters. The summed E-state index contributed by atoms with van der Waals surface area (Å²) in [6.45, 7) is 19.2. The van der Waals surface area contributed by atoms with Crippen LogP contribution in [-0.4, -0.2) is 25.2 Å². The highest BCUT2D eigenvalue weighted by atomic mass is 16.5. The van der Waals surface area contributed by atoms with Gasteiger partial charge in [-0.2, -0.15) is 0 Å². The Kier molecular flexibility index (Phi) is 12.3. The molecule has 0 atom stereocenters. The van der Waals surface area contributed by atoms with Gasteiger partial charge in [0.1, 0.15) is 0 Å². The molecule has 0 spiro atoms. The summed E-state index contributed by atoms with van der Waals surface area (Å²) in [6, 6.07) is 0. The van der Waals surface area contributed by atoms with Crippen molar-refractivity contribution in [3.05, 3.63) is 0 Å². The summed E-state index contributed by atoms with van der Waals surface area (Å²) in [7, 11) is 0. The predicted octanol–water partition coefficient (Wildman–Crippen LogP) is 7.58. The van der Waals surface area contributed by atoms with E-state index in [4.69, 9.17) is 9.47 Å². The smallest absolute Gasteiger partial charge is 0.308 e. The molecule has 1 aliphatic rings. The van der Waals surface area contributed by atoms with Gasteiger partial charge in [0, 0.05) is 0 Å². The third kappa shape index (κ3) is 12.3. The molecule has 1 aliphatic carbocycles. The lowest BCUT2D eigenvalue weighted by Gasteiger charge is -2.28. The van der Waals surface area contributed by atoms with Gasteiger partial charge in [-0.3, -0.25) is 9.59 Å². The molecular formula is C28H52O4. The zero-order chi connectivity index (χ0) is 24.4. The Hall–Kier alpha value is -1.06. The minimum Gasteiger partial charge on any atom is -0.465 e. The van der Waals surface area contributed by atoms with E-state index in [1.54, 1.807) is 0 Å². The van der Waals surface area contributed by atoms with Gasteiger partial charge in [-0.15, -0.1) is 0 Å². The van der Waals surface area contributed by atoms with Crippen LogP contribution in [0.4, 0.5) is 0 Å². The van der Waals surface area contributed by atoms with E-state index in [-0.39, 0.29) is 23.8 Å². The lowest BCUT2D eigenvalue weighted by atomic mass is 9.80. The molecule has 0 aliphatic heterocycles. The zero-order valence-corrected chi connectivity index (χ0v) is 22.4. The minimum atomic E-state index is -0.0779. The van der Waals surface area contributed by atoms with E-state index in [1.807, 2.05) is 0 Å². The van der Waals surface area contributed by atoms with E-state index in [2.05, 4.69) is 55.4 Å². The van der Waals surface area contributed by atoms with Gasteiger partial charge in [0.2, 0.25) is 0 Å². The van der Waals surface area contributed by atoms with E-state index in [9.17, 15) is 9.59 Å². The third-order valence-electron chi connectivity index (χ3n) is 6.80. The largest absolute Gasteiger partial charge is 0.465 e. The van der Waals surface area contributed by atoms with Crippen molar-refractivity contribution in [1.82, 2.24) is 0 Å².